The molecule has 0 radical (unpaired) electrons. The van der Waals surface area contributed by atoms with Crippen LogP contribution in [0.1, 0.15) is 42.6 Å². The first-order chi connectivity index (χ1) is 7.18. The van der Waals surface area contributed by atoms with Gasteiger partial charge in [-0.2, -0.15) is 0 Å². The molecule has 2 heteroatoms. The molecule has 15 heavy (non-hydrogen) atoms. The van der Waals surface area contributed by atoms with Gasteiger partial charge in [0, 0.05) is 17.5 Å². The van der Waals surface area contributed by atoms with Crippen molar-refractivity contribution in [2.24, 2.45) is 0 Å². The SMILES string of the molecule is CC(C)Oc1cccc2c1CCCC2=O. The van der Waals surface area contributed by atoms with Gasteiger partial charge in [-0.3, -0.25) is 4.79 Å². The molecule has 0 saturated heterocycles. The third-order valence-electron chi connectivity index (χ3n) is 2.63. The Kier molecular flexibility index (Phi) is 2.76. The van der Waals surface area contributed by atoms with Crippen molar-refractivity contribution in [2.45, 2.75) is 39.2 Å². The molecule has 0 aliphatic heterocycles. The van der Waals surface area contributed by atoms with Crippen molar-refractivity contribution in [1.29, 1.82) is 0 Å². The zero-order chi connectivity index (χ0) is 10.8. The maximum absolute atomic E-state index is 11.7. The van der Waals surface area contributed by atoms with Crippen LogP contribution in [-0.2, 0) is 6.42 Å². The van der Waals surface area contributed by atoms with Crippen molar-refractivity contribution >= 4 is 5.78 Å². The molecular formula is C13H16O2. The number of hydrogen-bond acceptors (Lipinski definition) is 2. The van der Waals surface area contributed by atoms with Gasteiger partial charge in [-0.25, -0.2) is 0 Å². The maximum Gasteiger partial charge on any atom is 0.163 e. The van der Waals surface area contributed by atoms with Crippen LogP contribution in [0.4, 0.5) is 0 Å². The van der Waals surface area contributed by atoms with E-state index in [0.29, 0.717) is 6.42 Å². The summed E-state index contributed by atoms with van der Waals surface area (Å²) in [6.07, 6.45) is 2.75. The number of rotatable bonds is 2. The number of Topliss-reactive ketones (excluding diaryl/α,β-unsaturated/α-hetero) is 1. The lowest BCUT2D eigenvalue weighted by molar-refractivity contribution is 0.0970. The first-order valence-electron chi connectivity index (χ1n) is 5.50. The highest BCUT2D eigenvalue weighted by atomic mass is 16.5. The molecule has 0 unspecified atom stereocenters. The van der Waals surface area contributed by atoms with Crippen LogP contribution in [0.3, 0.4) is 0 Å². The van der Waals surface area contributed by atoms with E-state index in [1.54, 1.807) is 0 Å². The van der Waals surface area contributed by atoms with Crippen LogP contribution in [-0.4, -0.2) is 11.9 Å². The van der Waals surface area contributed by atoms with E-state index in [1.807, 2.05) is 32.0 Å². The van der Waals surface area contributed by atoms with Crippen LogP contribution in [0.5, 0.6) is 5.75 Å². The zero-order valence-corrected chi connectivity index (χ0v) is 9.25. The molecule has 0 bridgehead atoms. The van der Waals surface area contributed by atoms with Gasteiger partial charge in [-0.15, -0.1) is 0 Å². The summed E-state index contributed by atoms with van der Waals surface area (Å²) in [5, 5.41) is 0. The molecule has 80 valence electrons. The van der Waals surface area contributed by atoms with Crippen LogP contribution in [0.2, 0.25) is 0 Å². The Balaban J connectivity index is 2.40. The smallest absolute Gasteiger partial charge is 0.163 e. The number of carbonyl (C=O) groups is 1. The number of carbonyl (C=O) groups excluding carboxylic acids is 1. The second-order valence-corrected chi connectivity index (χ2v) is 4.23. The van der Waals surface area contributed by atoms with Gasteiger partial charge >= 0.3 is 0 Å². The summed E-state index contributed by atoms with van der Waals surface area (Å²) < 4.78 is 5.71. The number of ketones is 1. The molecule has 0 spiro atoms. The molecule has 0 heterocycles. The van der Waals surface area contributed by atoms with Crippen molar-refractivity contribution in [2.75, 3.05) is 0 Å². The molecule has 0 aromatic heterocycles. The molecule has 0 fully saturated rings. The van der Waals surface area contributed by atoms with Crippen LogP contribution in [0.15, 0.2) is 18.2 Å². The van der Waals surface area contributed by atoms with E-state index in [-0.39, 0.29) is 11.9 Å². The van der Waals surface area contributed by atoms with Gasteiger partial charge in [-0.1, -0.05) is 12.1 Å². The van der Waals surface area contributed by atoms with Crippen LogP contribution < -0.4 is 4.74 Å². The molecule has 0 N–H and O–H groups in total. The summed E-state index contributed by atoms with van der Waals surface area (Å²) in [6, 6.07) is 5.77. The van der Waals surface area contributed by atoms with Crippen molar-refractivity contribution in [1.82, 2.24) is 0 Å². The average Bonchev–Trinajstić information content (AvgIpc) is 2.19. The lowest BCUT2D eigenvalue weighted by Crippen LogP contribution is -2.14. The Hall–Kier alpha value is -1.31. The molecule has 1 aromatic rings. The van der Waals surface area contributed by atoms with Gasteiger partial charge in [0.25, 0.3) is 0 Å². The van der Waals surface area contributed by atoms with Crippen LogP contribution in [0, 0.1) is 0 Å². The van der Waals surface area contributed by atoms with Crippen LogP contribution >= 0.6 is 0 Å². The fourth-order valence-electron chi connectivity index (χ4n) is 2.01. The van der Waals surface area contributed by atoms with Gasteiger partial charge in [0.2, 0.25) is 0 Å². The topological polar surface area (TPSA) is 26.3 Å². The van der Waals surface area contributed by atoms with Crippen molar-refractivity contribution in [3.8, 4) is 5.75 Å². The first-order valence-corrected chi connectivity index (χ1v) is 5.50. The van der Waals surface area contributed by atoms with Crippen molar-refractivity contribution in [3.05, 3.63) is 29.3 Å². The third-order valence-corrected chi connectivity index (χ3v) is 2.63. The molecule has 1 aromatic carbocycles. The lowest BCUT2D eigenvalue weighted by Gasteiger charge is -2.20. The zero-order valence-electron chi connectivity index (χ0n) is 9.25. The minimum Gasteiger partial charge on any atom is -0.491 e. The van der Waals surface area contributed by atoms with Crippen molar-refractivity contribution in [3.63, 3.8) is 0 Å². The van der Waals surface area contributed by atoms with E-state index in [4.69, 9.17) is 4.74 Å². The minimum atomic E-state index is 0.161. The normalized spacial score (nSPS) is 15.3. The van der Waals surface area contributed by atoms with E-state index in [0.717, 1.165) is 29.7 Å². The molecular weight excluding hydrogens is 188 g/mol. The van der Waals surface area contributed by atoms with E-state index in [2.05, 4.69) is 0 Å². The summed E-state index contributed by atoms with van der Waals surface area (Å²) in [4.78, 5) is 11.7. The molecule has 0 saturated carbocycles. The summed E-state index contributed by atoms with van der Waals surface area (Å²) in [6.45, 7) is 4.01. The van der Waals surface area contributed by atoms with Gasteiger partial charge < -0.3 is 4.74 Å². The maximum atomic E-state index is 11.7. The fraction of sp³-hybridized carbons (Fsp3) is 0.462. The van der Waals surface area contributed by atoms with Crippen LogP contribution in [0.25, 0.3) is 0 Å². The van der Waals surface area contributed by atoms with Gasteiger partial charge in [-0.05, 0) is 32.8 Å². The van der Waals surface area contributed by atoms with Crippen molar-refractivity contribution < 1.29 is 9.53 Å². The Morgan fingerprint density at radius 1 is 1.27 bits per heavy atom. The highest BCUT2D eigenvalue weighted by Gasteiger charge is 2.20. The molecule has 1 aliphatic carbocycles. The summed E-state index contributed by atoms with van der Waals surface area (Å²) >= 11 is 0. The predicted octanol–water partition coefficient (Wildman–Crippen LogP) is 2.99. The standard InChI is InChI=1S/C13H16O2/c1-9(2)15-13-8-4-5-10-11(13)6-3-7-12(10)14/h4-5,8-9H,3,6-7H2,1-2H3. The third kappa shape index (κ3) is 2.04. The molecule has 1 aliphatic rings. The van der Waals surface area contributed by atoms with E-state index in [1.165, 1.54) is 0 Å². The number of ether oxygens (including phenoxy) is 1. The number of fused-ring (bicyclic) bond motifs is 1. The summed E-state index contributed by atoms with van der Waals surface area (Å²) in [5.74, 6) is 1.14. The Morgan fingerprint density at radius 2 is 2.07 bits per heavy atom. The first kappa shape index (κ1) is 10.2. The number of hydrogen-bond donors (Lipinski definition) is 0. The van der Waals surface area contributed by atoms with E-state index >= 15 is 0 Å². The predicted molar refractivity (Wildman–Crippen MR) is 59.5 cm³/mol. The van der Waals surface area contributed by atoms with E-state index in [9.17, 15) is 4.79 Å². The fourth-order valence-corrected chi connectivity index (χ4v) is 2.01. The molecule has 2 nitrogen and oxygen atoms in total. The Labute approximate surface area is 90.3 Å². The van der Waals surface area contributed by atoms with Gasteiger partial charge in [0.1, 0.15) is 5.75 Å². The van der Waals surface area contributed by atoms with E-state index < -0.39 is 0 Å². The molecule has 0 atom stereocenters. The second kappa shape index (κ2) is 4.05. The average molecular weight is 204 g/mol. The monoisotopic (exact) mass is 204 g/mol. The highest BCUT2D eigenvalue weighted by Crippen LogP contribution is 2.29. The van der Waals surface area contributed by atoms with Gasteiger partial charge in [0.15, 0.2) is 5.78 Å². The quantitative estimate of drug-likeness (QED) is 0.740. The lowest BCUT2D eigenvalue weighted by atomic mass is 9.90. The molecule has 0 amide bonds. The summed E-state index contributed by atoms with van der Waals surface area (Å²) in [7, 11) is 0. The Bertz CT molecular complexity index is 380. The molecule has 2 rings (SSSR count). The highest BCUT2D eigenvalue weighted by molar-refractivity contribution is 5.99. The second-order valence-electron chi connectivity index (χ2n) is 4.23. The number of benzene rings is 1. The summed E-state index contributed by atoms with van der Waals surface area (Å²) in [5.41, 5.74) is 1.96. The Morgan fingerprint density at radius 3 is 2.80 bits per heavy atom. The van der Waals surface area contributed by atoms with Gasteiger partial charge in [0.05, 0.1) is 6.10 Å². The largest absolute Gasteiger partial charge is 0.491 e. The minimum absolute atomic E-state index is 0.161.